The Labute approximate surface area is 132 Å². The number of ether oxygens (including phenoxy) is 1. The Balaban J connectivity index is 2.15. The molecule has 0 aliphatic carbocycles. The van der Waals surface area contributed by atoms with Gasteiger partial charge in [0.2, 0.25) is 0 Å². The minimum Gasteiger partial charge on any atom is -0.423 e. The van der Waals surface area contributed by atoms with E-state index in [1.165, 1.54) is 0 Å². The summed E-state index contributed by atoms with van der Waals surface area (Å²) in [5.74, 6) is -5.13. The van der Waals surface area contributed by atoms with E-state index in [1.54, 1.807) is 12.1 Å². The summed E-state index contributed by atoms with van der Waals surface area (Å²) < 4.78 is 44.0. The summed E-state index contributed by atoms with van der Waals surface area (Å²) in [6.45, 7) is 4.18. The number of rotatable bonds is 5. The van der Waals surface area contributed by atoms with Gasteiger partial charge in [0.05, 0.1) is 5.56 Å². The quantitative estimate of drug-likeness (QED) is 0.428. The molecule has 2 aromatic rings. The van der Waals surface area contributed by atoms with Crippen molar-refractivity contribution in [2.24, 2.45) is 0 Å². The van der Waals surface area contributed by atoms with Gasteiger partial charge < -0.3 is 4.74 Å². The maximum atomic E-state index is 13.1. The van der Waals surface area contributed by atoms with Crippen LogP contribution in [-0.2, 0) is 0 Å². The van der Waals surface area contributed by atoms with Gasteiger partial charge in [-0.1, -0.05) is 26.0 Å². The molecule has 0 radical (unpaired) electrons. The van der Waals surface area contributed by atoms with Crippen LogP contribution in [0.3, 0.4) is 0 Å². The van der Waals surface area contributed by atoms with Crippen LogP contribution in [0.25, 0.3) is 0 Å². The minimum absolute atomic E-state index is 0.254. The van der Waals surface area contributed by atoms with Crippen molar-refractivity contribution >= 4 is 5.97 Å². The van der Waals surface area contributed by atoms with E-state index in [4.69, 9.17) is 4.74 Å². The molecule has 0 amide bonds. The molecule has 23 heavy (non-hydrogen) atoms. The Morgan fingerprint density at radius 1 is 1.00 bits per heavy atom. The van der Waals surface area contributed by atoms with E-state index in [2.05, 4.69) is 13.8 Å². The lowest BCUT2D eigenvalue weighted by molar-refractivity contribution is 0.0733. The average molecular weight is 322 g/mol. The van der Waals surface area contributed by atoms with Gasteiger partial charge in [0.15, 0.2) is 17.5 Å². The third kappa shape index (κ3) is 3.92. The highest BCUT2D eigenvalue weighted by Gasteiger charge is 2.15. The van der Waals surface area contributed by atoms with Crippen LogP contribution in [0.5, 0.6) is 5.75 Å². The van der Waals surface area contributed by atoms with Crippen LogP contribution < -0.4 is 4.74 Å². The second-order valence-corrected chi connectivity index (χ2v) is 5.23. The third-order valence-corrected chi connectivity index (χ3v) is 3.77. The largest absolute Gasteiger partial charge is 0.423 e. The van der Waals surface area contributed by atoms with E-state index >= 15 is 0 Å². The van der Waals surface area contributed by atoms with Gasteiger partial charge in [0, 0.05) is 12.1 Å². The van der Waals surface area contributed by atoms with Crippen molar-refractivity contribution in [3.8, 4) is 5.75 Å². The first-order valence-electron chi connectivity index (χ1n) is 7.42. The molecular weight excluding hydrogens is 305 g/mol. The molecule has 0 aliphatic rings. The predicted molar refractivity (Wildman–Crippen MR) is 81.0 cm³/mol. The monoisotopic (exact) mass is 322 g/mol. The Kier molecular flexibility index (Phi) is 5.42. The fourth-order valence-corrected chi connectivity index (χ4v) is 2.41. The third-order valence-electron chi connectivity index (χ3n) is 3.77. The topological polar surface area (TPSA) is 26.3 Å². The summed E-state index contributed by atoms with van der Waals surface area (Å²) in [6, 6.07) is 8.14. The lowest BCUT2D eigenvalue weighted by atomic mass is 9.93. The smallest absolute Gasteiger partial charge is 0.343 e. The molecule has 5 heteroatoms. The van der Waals surface area contributed by atoms with Crippen LogP contribution in [0.2, 0.25) is 0 Å². The fourth-order valence-electron chi connectivity index (χ4n) is 2.41. The number of hydrogen-bond donors (Lipinski definition) is 0. The standard InChI is InChI=1S/C18H17F3O2/c1-3-11(4-2)12-5-7-13(8-6-12)18(22)23-14-9-15(19)17(21)16(20)10-14/h5-11H,3-4H2,1-2H3. The second kappa shape index (κ2) is 7.31. The van der Waals surface area contributed by atoms with Crippen molar-refractivity contribution in [2.75, 3.05) is 0 Å². The van der Waals surface area contributed by atoms with Crippen LogP contribution >= 0.6 is 0 Å². The second-order valence-electron chi connectivity index (χ2n) is 5.23. The molecule has 0 fully saturated rings. The summed E-state index contributed by atoms with van der Waals surface area (Å²) in [5, 5.41) is 0. The Morgan fingerprint density at radius 3 is 2.00 bits per heavy atom. The molecule has 0 unspecified atom stereocenters. The number of carbonyl (C=O) groups excluding carboxylic acids is 1. The van der Waals surface area contributed by atoms with E-state index in [0.29, 0.717) is 18.1 Å². The molecule has 0 atom stereocenters. The summed E-state index contributed by atoms with van der Waals surface area (Å²) in [7, 11) is 0. The lowest BCUT2D eigenvalue weighted by Gasteiger charge is -2.13. The predicted octanol–water partition coefficient (Wildman–Crippen LogP) is 5.23. The summed E-state index contributed by atoms with van der Waals surface area (Å²) in [4.78, 5) is 12.0. The van der Waals surface area contributed by atoms with Gasteiger partial charge in [-0.05, 0) is 36.5 Å². The zero-order valence-electron chi connectivity index (χ0n) is 12.9. The number of hydrogen-bond acceptors (Lipinski definition) is 2. The summed E-state index contributed by atoms with van der Waals surface area (Å²) in [5.41, 5.74) is 1.37. The Hall–Kier alpha value is -2.30. The molecule has 0 saturated carbocycles. The fraction of sp³-hybridized carbons (Fsp3) is 0.278. The van der Waals surface area contributed by atoms with Gasteiger partial charge in [-0.2, -0.15) is 0 Å². The van der Waals surface area contributed by atoms with Gasteiger partial charge in [0.25, 0.3) is 0 Å². The maximum absolute atomic E-state index is 13.1. The zero-order valence-corrected chi connectivity index (χ0v) is 12.9. The van der Waals surface area contributed by atoms with Crippen LogP contribution in [-0.4, -0.2) is 5.97 Å². The van der Waals surface area contributed by atoms with E-state index in [-0.39, 0.29) is 11.3 Å². The number of carbonyl (C=O) groups is 1. The van der Waals surface area contributed by atoms with Crippen molar-refractivity contribution in [1.82, 2.24) is 0 Å². The average Bonchev–Trinajstić information content (AvgIpc) is 2.54. The van der Waals surface area contributed by atoms with E-state index in [1.807, 2.05) is 12.1 Å². The molecule has 0 heterocycles. The molecule has 0 spiro atoms. The molecule has 0 N–H and O–H groups in total. The molecule has 0 aromatic heterocycles. The number of halogens is 3. The molecule has 0 saturated heterocycles. The van der Waals surface area contributed by atoms with Crippen molar-refractivity contribution in [3.63, 3.8) is 0 Å². The highest BCUT2D eigenvalue weighted by atomic mass is 19.2. The summed E-state index contributed by atoms with van der Waals surface area (Å²) in [6.07, 6.45) is 1.99. The van der Waals surface area contributed by atoms with Crippen molar-refractivity contribution in [3.05, 3.63) is 65.0 Å². The minimum atomic E-state index is -1.60. The van der Waals surface area contributed by atoms with Crippen molar-refractivity contribution < 1.29 is 22.7 Å². The van der Waals surface area contributed by atoms with Crippen LogP contribution in [0.4, 0.5) is 13.2 Å². The zero-order chi connectivity index (χ0) is 17.0. The normalized spacial score (nSPS) is 10.9. The SMILES string of the molecule is CCC(CC)c1ccc(C(=O)Oc2cc(F)c(F)c(F)c2)cc1. The van der Waals surface area contributed by atoms with Gasteiger partial charge in [-0.3, -0.25) is 0 Å². The Bertz CT molecular complexity index is 669. The van der Waals surface area contributed by atoms with Crippen LogP contribution in [0.1, 0.15) is 48.5 Å². The van der Waals surface area contributed by atoms with Gasteiger partial charge >= 0.3 is 5.97 Å². The highest BCUT2D eigenvalue weighted by Crippen LogP contribution is 2.24. The van der Waals surface area contributed by atoms with Gasteiger partial charge in [0.1, 0.15) is 5.75 Å². The van der Waals surface area contributed by atoms with Gasteiger partial charge in [-0.25, -0.2) is 18.0 Å². The number of esters is 1. The molecule has 2 rings (SSSR count). The van der Waals surface area contributed by atoms with Gasteiger partial charge in [-0.15, -0.1) is 0 Å². The van der Waals surface area contributed by atoms with Crippen LogP contribution in [0.15, 0.2) is 36.4 Å². The molecule has 0 aliphatic heterocycles. The maximum Gasteiger partial charge on any atom is 0.343 e. The molecule has 2 aromatic carbocycles. The molecule has 2 nitrogen and oxygen atoms in total. The van der Waals surface area contributed by atoms with E-state index < -0.39 is 23.4 Å². The first-order valence-corrected chi connectivity index (χ1v) is 7.42. The molecule has 0 bridgehead atoms. The molecule has 122 valence electrons. The van der Waals surface area contributed by atoms with Crippen molar-refractivity contribution in [1.29, 1.82) is 0 Å². The van der Waals surface area contributed by atoms with Crippen LogP contribution in [0, 0.1) is 17.5 Å². The van der Waals surface area contributed by atoms with Crippen molar-refractivity contribution in [2.45, 2.75) is 32.6 Å². The first-order chi connectivity index (χ1) is 11.0. The Morgan fingerprint density at radius 2 is 1.52 bits per heavy atom. The van der Waals surface area contributed by atoms with E-state index in [0.717, 1.165) is 18.4 Å². The highest BCUT2D eigenvalue weighted by molar-refractivity contribution is 5.91. The molecular formula is C18H17F3O2. The van der Waals surface area contributed by atoms with E-state index in [9.17, 15) is 18.0 Å². The number of benzene rings is 2. The lowest BCUT2D eigenvalue weighted by Crippen LogP contribution is -2.09. The summed E-state index contributed by atoms with van der Waals surface area (Å²) >= 11 is 0. The first kappa shape index (κ1) is 17.1.